The Morgan fingerprint density at radius 3 is 2.52 bits per heavy atom. The Bertz CT molecular complexity index is 773. The Morgan fingerprint density at radius 1 is 1.10 bits per heavy atom. The lowest BCUT2D eigenvalue weighted by atomic mass is 10.0. The summed E-state index contributed by atoms with van der Waals surface area (Å²) in [5.41, 5.74) is 3.11. The number of benzene rings is 2. The van der Waals surface area contributed by atoms with Gasteiger partial charge >= 0.3 is 0 Å². The fourth-order valence-corrected chi connectivity index (χ4v) is 3.70. The van der Waals surface area contributed by atoms with Crippen molar-refractivity contribution in [2.24, 2.45) is 0 Å². The maximum Gasteiger partial charge on any atom is 0.242 e. The number of halogens is 2. The molecule has 0 spiro atoms. The molecule has 0 aliphatic carbocycles. The maximum absolute atomic E-state index is 12.3. The molecule has 0 amide bonds. The van der Waals surface area contributed by atoms with E-state index < -0.39 is 10.0 Å². The molecule has 0 aromatic heterocycles. The smallest absolute Gasteiger partial charge is 0.207 e. The van der Waals surface area contributed by atoms with E-state index in [1.165, 1.54) is 12.1 Å². The summed E-state index contributed by atoms with van der Waals surface area (Å²) in [4.78, 5) is -0.0121. The summed E-state index contributed by atoms with van der Waals surface area (Å²) in [5.74, 6) is 0. The minimum atomic E-state index is -3.71. The third-order valence-corrected chi connectivity index (χ3v) is 5.47. The summed E-state index contributed by atoms with van der Waals surface area (Å²) < 4.78 is 27.2. The molecule has 0 aliphatic heterocycles. The van der Waals surface area contributed by atoms with Crippen LogP contribution in [0.1, 0.15) is 16.7 Å². The molecular weight excluding hydrogens is 329 g/mol. The van der Waals surface area contributed by atoms with Gasteiger partial charge in [0.1, 0.15) is 4.90 Å². The van der Waals surface area contributed by atoms with Crippen molar-refractivity contribution >= 4 is 33.2 Å². The Labute approximate surface area is 135 Å². The normalized spacial score (nSPS) is 11.6. The first-order valence-corrected chi connectivity index (χ1v) is 8.55. The molecule has 2 aromatic rings. The Morgan fingerprint density at radius 2 is 1.81 bits per heavy atom. The van der Waals surface area contributed by atoms with Crippen molar-refractivity contribution < 1.29 is 8.42 Å². The largest absolute Gasteiger partial charge is 0.242 e. The molecule has 0 radical (unpaired) electrons. The molecule has 0 saturated heterocycles. The standard InChI is InChI=1S/C15H15Cl2NO2S/c1-10-4-3-5-12(11(10)2)9-18-21(19,20)15-8-13(16)6-7-14(15)17/h3-8,18H,9H2,1-2H3. The average molecular weight is 344 g/mol. The van der Waals surface area contributed by atoms with E-state index in [0.717, 1.165) is 16.7 Å². The zero-order chi connectivity index (χ0) is 15.6. The van der Waals surface area contributed by atoms with Crippen LogP contribution in [0.5, 0.6) is 0 Å². The van der Waals surface area contributed by atoms with E-state index >= 15 is 0 Å². The van der Waals surface area contributed by atoms with Gasteiger partial charge in [-0.25, -0.2) is 13.1 Å². The minimum Gasteiger partial charge on any atom is -0.207 e. The van der Waals surface area contributed by atoms with Gasteiger partial charge in [-0.3, -0.25) is 0 Å². The highest BCUT2D eigenvalue weighted by molar-refractivity contribution is 7.89. The number of hydrogen-bond acceptors (Lipinski definition) is 2. The second-order valence-electron chi connectivity index (χ2n) is 4.76. The van der Waals surface area contributed by atoms with E-state index in [1.807, 2.05) is 32.0 Å². The summed E-state index contributed by atoms with van der Waals surface area (Å²) in [6.45, 7) is 4.16. The molecule has 6 heteroatoms. The summed E-state index contributed by atoms with van der Waals surface area (Å²) in [7, 11) is -3.71. The van der Waals surface area contributed by atoms with Gasteiger partial charge in [-0.05, 0) is 48.7 Å². The lowest BCUT2D eigenvalue weighted by Crippen LogP contribution is -2.24. The highest BCUT2D eigenvalue weighted by Gasteiger charge is 2.18. The quantitative estimate of drug-likeness (QED) is 0.908. The topological polar surface area (TPSA) is 46.2 Å². The van der Waals surface area contributed by atoms with Gasteiger partial charge in [0.15, 0.2) is 0 Å². The Balaban J connectivity index is 2.26. The van der Waals surface area contributed by atoms with E-state index in [4.69, 9.17) is 23.2 Å². The molecule has 0 saturated carbocycles. The van der Waals surface area contributed by atoms with Crippen LogP contribution < -0.4 is 4.72 Å². The van der Waals surface area contributed by atoms with Crippen LogP contribution in [0.25, 0.3) is 0 Å². The number of aryl methyl sites for hydroxylation is 1. The van der Waals surface area contributed by atoms with Gasteiger partial charge < -0.3 is 0 Å². The van der Waals surface area contributed by atoms with Gasteiger partial charge in [-0.15, -0.1) is 0 Å². The predicted molar refractivity (Wildman–Crippen MR) is 86.4 cm³/mol. The van der Waals surface area contributed by atoms with Crippen LogP contribution in [0.3, 0.4) is 0 Å². The van der Waals surface area contributed by atoms with Crippen LogP contribution in [0.2, 0.25) is 10.0 Å². The van der Waals surface area contributed by atoms with Gasteiger partial charge in [0.25, 0.3) is 0 Å². The highest BCUT2D eigenvalue weighted by atomic mass is 35.5. The van der Waals surface area contributed by atoms with E-state index in [9.17, 15) is 8.42 Å². The third kappa shape index (κ3) is 3.77. The van der Waals surface area contributed by atoms with Gasteiger partial charge in [-0.1, -0.05) is 41.4 Å². The molecule has 1 N–H and O–H groups in total. The predicted octanol–water partition coefficient (Wildman–Crippen LogP) is 4.09. The molecule has 0 bridgehead atoms. The fourth-order valence-electron chi connectivity index (χ4n) is 1.94. The zero-order valence-electron chi connectivity index (χ0n) is 11.7. The lowest BCUT2D eigenvalue weighted by molar-refractivity contribution is 0.581. The van der Waals surface area contributed by atoms with Crippen LogP contribution >= 0.6 is 23.2 Å². The maximum atomic E-state index is 12.3. The SMILES string of the molecule is Cc1cccc(CNS(=O)(=O)c2cc(Cl)ccc2Cl)c1C. The van der Waals surface area contributed by atoms with Crippen LogP contribution in [0, 0.1) is 13.8 Å². The molecular formula is C15H15Cl2NO2S. The summed E-state index contributed by atoms with van der Waals surface area (Å²) >= 11 is 11.8. The molecule has 2 aromatic carbocycles. The van der Waals surface area contributed by atoms with Crippen molar-refractivity contribution in [2.75, 3.05) is 0 Å². The fraction of sp³-hybridized carbons (Fsp3) is 0.200. The molecule has 0 aliphatic rings. The van der Waals surface area contributed by atoms with E-state index in [2.05, 4.69) is 4.72 Å². The first kappa shape index (κ1) is 16.3. The van der Waals surface area contributed by atoms with Crippen molar-refractivity contribution in [1.29, 1.82) is 0 Å². The lowest BCUT2D eigenvalue weighted by Gasteiger charge is -2.11. The van der Waals surface area contributed by atoms with Crippen molar-refractivity contribution in [3.63, 3.8) is 0 Å². The number of sulfonamides is 1. The van der Waals surface area contributed by atoms with Gasteiger partial charge in [0, 0.05) is 11.6 Å². The molecule has 21 heavy (non-hydrogen) atoms. The summed E-state index contributed by atoms with van der Waals surface area (Å²) in [5, 5.41) is 0.472. The molecule has 0 unspecified atom stereocenters. The van der Waals surface area contributed by atoms with Crippen LogP contribution in [-0.4, -0.2) is 8.42 Å². The average Bonchev–Trinajstić information content (AvgIpc) is 2.43. The van der Waals surface area contributed by atoms with Crippen LogP contribution in [0.4, 0.5) is 0 Å². The molecule has 2 rings (SSSR count). The molecule has 0 atom stereocenters. The first-order chi connectivity index (χ1) is 9.81. The zero-order valence-corrected chi connectivity index (χ0v) is 14.0. The first-order valence-electron chi connectivity index (χ1n) is 6.31. The van der Waals surface area contributed by atoms with Gasteiger partial charge in [-0.2, -0.15) is 0 Å². The van der Waals surface area contributed by atoms with Crippen molar-refractivity contribution in [2.45, 2.75) is 25.3 Å². The molecule has 3 nitrogen and oxygen atoms in total. The number of hydrogen-bond donors (Lipinski definition) is 1. The second kappa shape index (κ2) is 6.36. The van der Waals surface area contributed by atoms with E-state index in [1.54, 1.807) is 6.07 Å². The van der Waals surface area contributed by atoms with Crippen molar-refractivity contribution in [1.82, 2.24) is 4.72 Å². The van der Waals surface area contributed by atoms with Gasteiger partial charge in [0.2, 0.25) is 10.0 Å². The number of rotatable bonds is 4. The van der Waals surface area contributed by atoms with E-state index in [0.29, 0.717) is 5.02 Å². The summed E-state index contributed by atoms with van der Waals surface area (Å²) in [6, 6.07) is 10.1. The minimum absolute atomic E-state index is 0.0121. The second-order valence-corrected chi connectivity index (χ2v) is 7.34. The van der Waals surface area contributed by atoms with Crippen LogP contribution in [0.15, 0.2) is 41.3 Å². The number of nitrogens with one attached hydrogen (secondary N) is 1. The molecule has 0 heterocycles. The summed E-state index contributed by atoms with van der Waals surface area (Å²) in [6.07, 6.45) is 0. The van der Waals surface area contributed by atoms with Crippen molar-refractivity contribution in [3.05, 3.63) is 63.1 Å². The van der Waals surface area contributed by atoms with Crippen LogP contribution in [-0.2, 0) is 16.6 Å². The highest BCUT2D eigenvalue weighted by Crippen LogP contribution is 2.25. The van der Waals surface area contributed by atoms with Crippen molar-refractivity contribution in [3.8, 4) is 0 Å². The monoisotopic (exact) mass is 343 g/mol. The van der Waals surface area contributed by atoms with E-state index in [-0.39, 0.29) is 16.5 Å². The van der Waals surface area contributed by atoms with Gasteiger partial charge in [0.05, 0.1) is 5.02 Å². The third-order valence-electron chi connectivity index (χ3n) is 3.35. The Kier molecular flexibility index (Phi) is 4.94. The Hall–Kier alpha value is -1.07. The molecule has 112 valence electrons. The molecule has 0 fully saturated rings.